The van der Waals surface area contributed by atoms with Crippen molar-refractivity contribution in [3.63, 3.8) is 0 Å². The van der Waals surface area contributed by atoms with E-state index in [-0.39, 0.29) is 17.9 Å². The minimum absolute atomic E-state index is 0.0569. The Morgan fingerprint density at radius 3 is 2.55 bits per heavy atom. The number of halogens is 2. The van der Waals surface area contributed by atoms with Gasteiger partial charge < -0.3 is 10.2 Å². The van der Waals surface area contributed by atoms with Gasteiger partial charge in [-0.2, -0.15) is 0 Å². The SMILES string of the molecule is Cc1ccc(N2CCCN(Cc3ccc(Cl)c(Cl)c3)C2=O)c(NC(=O)C2CCCC2)c1. The van der Waals surface area contributed by atoms with E-state index in [9.17, 15) is 9.59 Å². The lowest BCUT2D eigenvalue weighted by atomic mass is 10.1. The van der Waals surface area contributed by atoms with Gasteiger partial charge in [-0.15, -0.1) is 0 Å². The van der Waals surface area contributed by atoms with Crippen LogP contribution in [-0.2, 0) is 11.3 Å². The van der Waals surface area contributed by atoms with E-state index in [0.717, 1.165) is 48.9 Å². The zero-order valence-corrected chi connectivity index (χ0v) is 19.2. The molecule has 164 valence electrons. The molecule has 0 atom stereocenters. The molecule has 0 spiro atoms. The van der Waals surface area contributed by atoms with E-state index >= 15 is 0 Å². The van der Waals surface area contributed by atoms with Crippen LogP contribution in [0.5, 0.6) is 0 Å². The van der Waals surface area contributed by atoms with Gasteiger partial charge in [-0.05, 0) is 61.6 Å². The van der Waals surface area contributed by atoms with Crippen LogP contribution >= 0.6 is 23.2 Å². The van der Waals surface area contributed by atoms with Gasteiger partial charge in [-0.25, -0.2) is 4.79 Å². The molecule has 0 unspecified atom stereocenters. The Labute approximate surface area is 193 Å². The van der Waals surface area contributed by atoms with Gasteiger partial charge in [-0.1, -0.05) is 48.2 Å². The smallest absolute Gasteiger partial charge is 0.324 e. The normalized spacial score (nSPS) is 17.3. The second-order valence-corrected chi connectivity index (χ2v) is 9.26. The van der Waals surface area contributed by atoms with E-state index < -0.39 is 0 Å². The maximum atomic E-state index is 13.3. The number of carbonyl (C=O) groups is 2. The Morgan fingerprint density at radius 1 is 1.03 bits per heavy atom. The van der Waals surface area contributed by atoms with Gasteiger partial charge in [0.1, 0.15) is 0 Å². The largest absolute Gasteiger partial charge is 0.324 e. The first-order chi connectivity index (χ1) is 14.9. The number of nitrogens with zero attached hydrogens (tertiary/aromatic N) is 2. The van der Waals surface area contributed by atoms with Crippen molar-refractivity contribution in [3.8, 4) is 0 Å². The Bertz CT molecular complexity index is 989. The van der Waals surface area contributed by atoms with Crippen LogP contribution in [0.2, 0.25) is 10.0 Å². The van der Waals surface area contributed by atoms with Gasteiger partial charge in [-0.3, -0.25) is 9.69 Å². The fraction of sp³-hybridized carbons (Fsp3) is 0.417. The molecule has 3 amide bonds. The van der Waals surface area contributed by atoms with Crippen LogP contribution in [0.4, 0.5) is 16.2 Å². The highest BCUT2D eigenvalue weighted by atomic mass is 35.5. The van der Waals surface area contributed by atoms with E-state index in [4.69, 9.17) is 23.2 Å². The van der Waals surface area contributed by atoms with Crippen LogP contribution in [0.1, 0.15) is 43.2 Å². The van der Waals surface area contributed by atoms with Crippen molar-refractivity contribution in [1.82, 2.24) is 4.90 Å². The molecule has 1 aliphatic heterocycles. The summed E-state index contributed by atoms with van der Waals surface area (Å²) in [4.78, 5) is 29.7. The maximum Gasteiger partial charge on any atom is 0.324 e. The fourth-order valence-electron chi connectivity index (χ4n) is 4.42. The van der Waals surface area contributed by atoms with Crippen LogP contribution in [0.25, 0.3) is 0 Å². The second-order valence-electron chi connectivity index (χ2n) is 8.45. The van der Waals surface area contributed by atoms with E-state index in [1.54, 1.807) is 17.0 Å². The van der Waals surface area contributed by atoms with Gasteiger partial charge in [0.2, 0.25) is 5.91 Å². The van der Waals surface area contributed by atoms with Crippen molar-refractivity contribution < 1.29 is 9.59 Å². The van der Waals surface area contributed by atoms with Crippen molar-refractivity contribution in [3.05, 3.63) is 57.6 Å². The summed E-state index contributed by atoms with van der Waals surface area (Å²) in [7, 11) is 0. The van der Waals surface area contributed by atoms with Crippen LogP contribution in [-0.4, -0.2) is 29.9 Å². The lowest BCUT2D eigenvalue weighted by Crippen LogP contribution is -2.49. The first-order valence-electron chi connectivity index (χ1n) is 10.8. The van der Waals surface area contributed by atoms with Gasteiger partial charge >= 0.3 is 6.03 Å². The minimum Gasteiger partial charge on any atom is -0.324 e. The molecule has 2 aromatic carbocycles. The first-order valence-corrected chi connectivity index (χ1v) is 11.6. The van der Waals surface area contributed by atoms with Crippen LogP contribution in [0.15, 0.2) is 36.4 Å². The summed E-state index contributed by atoms with van der Waals surface area (Å²) in [5, 5.41) is 4.09. The molecule has 2 aromatic rings. The quantitative estimate of drug-likeness (QED) is 0.573. The number of hydrogen-bond acceptors (Lipinski definition) is 2. The molecule has 7 heteroatoms. The lowest BCUT2D eigenvalue weighted by Gasteiger charge is -2.36. The van der Waals surface area contributed by atoms with Crippen LogP contribution in [0, 0.1) is 12.8 Å². The second kappa shape index (κ2) is 9.49. The maximum absolute atomic E-state index is 13.3. The van der Waals surface area contributed by atoms with Crippen molar-refractivity contribution in [1.29, 1.82) is 0 Å². The molecule has 2 fully saturated rings. The average Bonchev–Trinajstić information content (AvgIpc) is 3.28. The summed E-state index contributed by atoms with van der Waals surface area (Å²) >= 11 is 12.2. The molecule has 4 rings (SSSR count). The Balaban J connectivity index is 1.54. The van der Waals surface area contributed by atoms with Crippen molar-refractivity contribution in [2.75, 3.05) is 23.3 Å². The fourth-order valence-corrected chi connectivity index (χ4v) is 4.74. The predicted molar refractivity (Wildman–Crippen MR) is 126 cm³/mol. The molecular formula is C24H27Cl2N3O2. The topological polar surface area (TPSA) is 52.6 Å². The molecule has 5 nitrogen and oxygen atoms in total. The zero-order valence-electron chi connectivity index (χ0n) is 17.7. The molecule has 0 radical (unpaired) electrons. The number of anilines is 2. The van der Waals surface area contributed by atoms with E-state index in [2.05, 4.69) is 5.32 Å². The number of urea groups is 1. The number of rotatable bonds is 5. The third kappa shape index (κ3) is 4.99. The average molecular weight is 460 g/mol. The van der Waals surface area contributed by atoms with E-state index in [1.165, 1.54) is 0 Å². The molecule has 1 saturated heterocycles. The van der Waals surface area contributed by atoms with Gasteiger partial charge in [0, 0.05) is 25.6 Å². The third-order valence-electron chi connectivity index (χ3n) is 6.10. The summed E-state index contributed by atoms with van der Waals surface area (Å²) in [6, 6.07) is 11.2. The predicted octanol–water partition coefficient (Wildman–Crippen LogP) is 6.26. The molecule has 0 bridgehead atoms. The third-order valence-corrected chi connectivity index (χ3v) is 6.83. The van der Waals surface area contributed by atoms with E-state index in [0.29, 0.717) is 35.4 Å². The van der Waals surface area contributed by atoms with E-state index in [1.807, 2.05) is 36.1 Å². The minimum atomic E-state index is -0.0717. The van der Waals surface area contributed by atoms with Crippen LogP contribution in [0.3, 0.4) is 0 Å². The van der Waals surface area contributed by atoms with Crippen LogP contribution < -0.4 is 10.2 Å². The monoisotopic (exact) mass is 459 g/mol. The number of amides is 3. The molecule has 1 N–H and O–H groups in total. The summed E-state index contributed by atoms with van der Waals surface area (Å²) in [5.74, 6) is 0.123. The summed E-state index contributed by atoms with van der Waals surface area (Å²) in [6.45, 7) is 3.74. The molecule has 1 heterocycles. The highest BCUT2D eigenvalue weighted by Gasteiger charge is 2.30. The summed E-state index contributed by atoms with van der Waals surface area (Å²) < 4.78 is 0. The number of carbonyl (C=O) groups excluding carboxylic acids is 2. The molecule has 1 saturated carbocycles. The Hall–Kier alpha value is -2.24. The number of benzene rings is 2. The molecule has 31 heavy (non-hydrogen) atoms. The summed E-state index contributed by atoms with van der Waals surface area (Å²) in [6.07, 6.45) is 4.93. The zero-order chi connectivity index (χ0) is 22.0. The highest BCUT2D eigenvalue weighted by molar-refractivity contribution is 6.42. The van der Waals surface area contributed by atoms with Crippen molar-refractivity contribution >= 4 is 46.5 Å². The summed E-state index contributed by atoms with van der Waals surface area (Å²) in [5.41, 5.74) is 3.44. The Kier molecular flexibility index (Phi) is 6.73. The number of hydrogen-bond donors (Lipinski definition) is 1. The van der Waals surface area contributed by atoms with Gasteiger partial charge in [0.05, 0.1) is 21.4 Å². The number of aryl methyl sites for hydroxylation is 1. The highest BCUT2D eigenvalue weighted by Crippen LogP contribution is 2.33. The van der Waals surface area contributed by atoms with Crippen molar-refractivity contribution in [2.24, 2.45) is 5.92 Å². The van der Waals surface area contributed by atoms with Crippen molar-refractivity contribution in [2.45, 2.75) is 45.6 Å². The van der Waals surface area contributed by atoms with Gasteiger partial charge in [0.15, 0.2) is 0 Å². The Morgan fingerprint density at radius 2 is 1.81 bits per heavy atom. The van der Waals surface area contributed by atoms with Gasteiger partial charge in [0.25, 0.3) is 0 Å². The lowest BCUT2D eigenvalue weighted by molar-refractivity contribution is -0.119. The molecule has 1 aliphatic carbocycles. The molecular weight excluding hydrogens is 433 g/mol. The first kappa shape index (κ1) is 22.0. The standard InChI is InChI=1S/C24H27Cl2N3O2/c1-16-7-10-22(21(13-16)27-23(30)18-5-2-3-6-18)29-12-4-11-28(24(29)31)15-17-8-9-19(25)20(26)14-17/h7-10,13-14,18H,2-6,11-12,15H2,1H3,(H,27,30). The molecule has 0 aromatic heterocycles. The molecule has 2 aliphatic rings. The number of nitrogens with one attached hydrogen (secondary N) is 1.